The summed E-state index contributed by atoms with van der Waals surface area (Å²) in [6.45, 7) is 2.28. The van der Waals surface area contributed by atoms with Crippen LogP contribution in [0.4, 0.5) is 0 Å². The van der Waals surface area contributed by atoms with E-state index in [0.717, 1.165) is 21.3 Å². The Hall–Kier alpha value is -3.26. The van der Waals surface area contributed by atoms with Gasteiger partial charge in [0.1, 0.15) is 18.3 Å². The lowest BCUT2D eigenvalue weighted by atomic mass is 10.2. The van der Waals surface area contributed by atoms with Crippen LogP contribution >= 0.6 is 15.9 Å². The lowest BCUT2D eigenvalue weighted by Gasteiger charge is -2.07. The number of aromatic nitrogens is 4. The van der Waals surface area contributed by atoms with Crippen molar-refractivity contribution in [3.05, 3.63) is 87.0 Å². The van der Waals surface area contributed by atoms with Gasteiger partial charge in [-0.25, -0.2) is 9.67 Å². The molecule has 146 valence electrons. The van der Waals surface area contributed by atoms with Crippen molar-refractivity contribution in [1.29, 1.82) is 0 Å². The number of amides is 1. The molecule has 0 fully saturated rings. The molecule has 4 rings (SSSR count). The molecule has 0 spiro atoms. The van der Waals surface area contributed by atoms with Crippen molar-refractivity contribution in [1.82, 2.24) is 24.6 Å². The summed E-state index contributed by atoms with van der Waals surface area (Å²) in [6.07, 6.45) is 3.00. The van der Waals surface area contributed by atoms with Gasteiger partial charge in [-0.2, -0.15) is 0 Å². The Morgan fingerprint density at radius 1 is 1.17 bits per heavy atom. The van der Waals surface area contributed by atoms with E-state index in [1.54, 1.807) is 10.9 Å². The second-order valence-electron chi connectivity index (χ2n) is 6.73. The van der Waals surface area contributed by atoms with E-state index in [0.29, 0.717) is 17.6 Å². The standard InChI is InChI=1S/C21H18BrN5O2/c1-14-5-7-17(8-6-14)27-11-18-20(25-27)24-13-26(21(18)29)12-19(28)23-10-15-3-2-4-16(22)9-15/h2-9,11,13H,10,12H2,1H3,(H,23,28). The van der Waals surface area contributed by atoms with Crippen molar-refractivity contribution in [3.8, 4) is 5.69 Å². The number of fused-ring (bicyclic) bond motifs is 1. The van der Waals surface area contributed by atoms with Gasteiger partial charge in [0.25, 0.3) is 5.56 Å². The minimum Gasteiger partial charge on any atom is -0.350 e. The fourth-order valence-electron chi connectivity index (χ4n) is 2.94. The molecule has 0 atom stereocenters. The maximum Gasteiger partial charge on any atom is 0.264 e. The second-order valence-corrected chi connectivity index (χ2v) is 7.65. The first-order valence-electron chi connectivity index (χ1n) is 9.02. The Kier molecular flexibility index (Phi) is 5.26. The van der Waals surface area contributed by atoms with Gasteiger partial charge >= 0.3 is 0 Å². The number of hydrogen-bond donors (Lipinski definition) is 1. The first-order valence-corrected chi connectivity index (χ1v) is 9.82. The number of aryl methyl sites for hydroxylation is 1. The number of benzene rings is 2. The van der Waals surface area contributed by atoms with E-state index in [4.69, 9.17) is 0 Å². The van der Waals surface area contributed by atoms with E-state index < -0.39 is 0 Å². The van der Waals surface area contributed by atoms with E-state index >= 15 is 0 Å². The van der Waals surface area contributed by atoms with Crippen LogP contribution in [-0.4, -0.2) is 25.2 Å². The monoisotopic (exact) mass is 451 g/mol. The van der Waals surface area contributed by atoms with E-state index in [-0.39, 0.29) is 18.0 Å². The van der Waals surface area contributed by atoms with Crippen LogP contribution in [0.2, 0.25) is 0 Å². The molecule has 0 aliphatic rings. The Labute approximate surface area is 175 Å². The highest BCUT2D eigenvalue weighted by Crippen LogP contribution is 2.13. The SMILES string of the molecule is Cc1ccc(-n2cc3c(=O)n(CC(=O)NCc4cccc(Br)c4)cnc3n2)cc1. The van der Waals surface area contributed by atoms with Gasteiger partial charge in [-0.1, -0.05) is 45.8 Å². The number of carbonyl (C=O) groups excluding carboxylic acids is 1. The predicted molar refractivity (Wildman–Crippen MR) is 114 cm³/mol. The summed E-state index contributed by atoms with van der Waals surface area (Å²) in [6, 6.07) is 15.5. The van der Waals surface area contributed by atoms with Gasteiger partial charge < -0.3 is 5.32 Å². The van der Waals surface area contributed by atoms with Crippen LogP contribution in [0.15, 0.2) is 70.3 Å². The Morgan fingerprint density at radius 3 is 2.72 bits per heavy atom. The summed E-state index contributed by atoms with van der Waals surface area (Å²) in [5.41, 5.74) is 2.99. The number of carbonyl (C=O) groups is 1. The van der Waals surface area contributed by atoms with Gasteiger partial charge in [-0.15, -0.1) is 5.10 Å². The first kappa shape index (κ1) is 19.1. The summed E-state index contributed by atoms with van der Waals surface area (Å²) >= 11 is 3.40. The van der Waals surface area contributed by atoms with Crippen molar-refractivity contribution < 1.29 is 4.79 Å². The summed E-state index contributed by atoms with van der Waals surface area (Å²) in [5.74, 6) is -0.265. The molecule has 2 aromatic heterocycles. The minimum absolute atomic E-state index is 0.106. The average molecular weight is 452 g/mol. The molecule has 0 bridgehead atoms. The predicted octanol–water partition coefficient (Wildman–Crippen LogP) is 2.97. The van der Waals surface area contributed by atoms with E-state index in [1.165, 1.54) is 10.9 Å². The third-order valence-corrected chi connectivity index (χ3v) is 4.99. The van der Waals surface area contributed by atoms with Crippen molar-refractivity contribution in [3.63, 3.8) is 0 Å². The maximum atomic E-state index is 12.8. The largest absolute Gasteiger partial charge is 0.350 e. The first-order chi connectivity index (χ1) is 14.0. The summed E-state index contributed by atoms with van der Waals surface area (Å²) in [5, 5.41) is 7.55. The molecule has 0 radical (unpaired) electrons. The van der Waals surface area contributed by atoms with Gasteiger partial charge in [-0.3, -0.25) is 14.2 Å². The van der Waals surface area contributed by atoms with Crippen LogP contribution in [0, 0.1) is 6.92 Å². The third kappa shape index (κ3) is 4.27. The zero-order valence-corrected chi connectivity index (χ0v) is 17.3. The molecule has 29 heavy (non-hydrogen) atoms. The highest BCUT2D eigenvalue weighted by molar-refractivity contribution is 9.10. The van der Waals surface area contributed by atoms with Crippen LogP contribution in [0.5, 0.6) is 0 Å². The Morgan fingerprint density at radius 2 is 1.97 bits per heavy atom. The lowest BCUT2D eigenvalue weighted by Crippen LogP contribution is -2.32. The van der Waals surface area contributed by atoms with Gasteiger partial charge in [0.2, 0.25) is 5.91 Å². The van der Waals surface area contributed by atoms with Crippen LogP contribution in [0.25, 0.3) is 16.7 Å². The zero-order valence-electron chi connectivity index (χ0n) is 15.7. The molecule has 1 amide bonds. The number of hydrogen-bond acceptors (Lipinski definition) is 4. The average Bonchev–Trinajstić information content (AvgIpc) is 3.14. The van der Waals surface area contributed by atoms with Crippen LogP contribution in [0.1, 0.15) is 11.1 Å². The third-order valence-electron chi connectivity index (χ3n) is 4.50. The molecule has 0 unspecified atom stereocenters. The van der Waals surface area contributed by atoms with Gasteiger partial charge in [0.05, 0.1) is 5.69 Å². The van der Waals surface area contributed by atoms with Crippen molar-refractivity contribution in [2.24, 2.45) is 0 Å². The molecular weight excluding hydrogens is 434 g/mol. The number of halogens is 1. The molecule has 7 nitrogen and oxygen atoms in total. The molecular formula is C21H18BrN5O2. The topological polar surface area (TPSA) is 81.8 Å². The van der Waals surface area contributed by atoms with Gasteiger partial charge in [0.15, 0.2) is 5.65 Å². The molecule has 2 aromatic carbocycles. The van der Waals surface area contributed by atoms with E-state index in [1.807, 2.05) is 55.5 Å². The molecule has 0 saturated heterocycles. The lowest BCUT2D eigenvalue weighted by molar-refractivity contribution is -0.121. The van der Waals surface area contributed by atoms with Crippen molar-refractivity contribution in [2.45, 2.75) is 20.0 Å². The summed E-state index contributed by atoms with van der Waals surface area (Å²) in [7, 11) is 0. The Bertz CT molecular complexity index is 1240. The fourth-order valence-corrected chi connectivity index (χ4v) is 3.39. The molecule has 8 heteroatoms. The van der Waals surface area contributed by atoms with Gasteiger partial charge in [0, 0.05) is 17.2 Å². The van der Waals surface area contributed by atoms with E-state index in [9.17, 15) is 9.59 Å². The molecule has 0 aliphatic carbocycles. The van der Waals surface area contributed by atoms with Gasteiger partial charge in [-0.05, 0) is 36.8 Å². The number of rotatable bonds is 5. The van der Waals surface area contributed by atoms with Crippen LogP contribution in [0.3, 0.4) is 0 Å². The maximum absolute atomic E-state index is 12.8. The summed E-state index contributed by atoms with van der Waals surface area (Å²) < 4.78 is 3.86. The number of nitrogens with one attached hydrogen (secondary N) is 1. The molecule has 2 heterocycles. The van der Waals surface area contributed by atoms with E-state index in [2.05, 4.69) is 31.3 Å². The molecule has 0 saturated carbocycles. The zero-order chi connectivity index (χ0) is 20.4. The van der Waals surface area contributed by atoms with Crippen molar-refractivity contribution >= 4 is 32.9 Å². The quantitative estimate of drug-likeness (QED) is 0.505. The Balaban J connectivity index is 1.52. The smallest absolute Gasteiger partial charge is 0.264 e. The molecule has 1 N–H and O–H groups in total. The highest BCUT2D eigenvalue weighted by Gasteiger charge is 2.12. The van der Waals surface area contributed by atoms with Crippen LogP contribution in [-0.2, 0) is 17.9 Å². The molecule has 4 aromatic rings. The fraction of sp³-hybridized carbons (Fsp3) is 0.143. The summed E-state index contributed by atoms with van der Waals surface area (Å²) in [4.78, 5) is 29.3. The normalized spacial score (nSPS) is 11.0. The van der Waals surface area contributed by atoms with Crippen LogP contribution < -0.4 is 10.9 Å². The van der Waals surface area contributed by atoms with Crippen molar-refractivity contribution in [2.75, 3.05) is 0 Å². The second kappa shape index (κ2) is 8.00. The minimum atomic E-state index is -0.300. The highest BCUT2D eigenvalue weighted by atomic mass is 79.9. The molecule has 0 aliphatic heterocycles. The number of nitrogens with zero attached hydrogens (tertiary/aromatic N) is 4.